The van der Waals surface area contributed by atoms with E-state index in [-0.39, 0.29) is 11.8 Å². The van der Waals surface area contributed by atoms with Crippen molar-refractivity contribution in [3.63, 3.8) is 0 Å². The Hall–Kier alpha value is -2.04. The summed E-state index contributed by atoms with van der Waals surface area (Å²) in [5.41, 5.74) is 1.90. The molecule has 98 valence electrons. The molecule has 0 aliphatic rings. The van der Waals surface area contributed by atoms with Gasteiger partial charge < -0.3 is 15.5 Å². The number of nitrogens with one attached hydrogen (secondary N) is 2. The first-order chi connectivity index (χ1) is 8.40. The Labute approximate surface area is 107 Å². The maximum absolute atomic E-state index is 11.1. The highest BCUT2D eigenvalue weighted by Gasteiger charge is 2.13. The van der Waals surface area contributed by atoms with E-state index in [9.17, 15) is 9.59 Å². The van der Waals surface area contributed by atoms with Gasteiger partial charge in [-0.3, -0.25) is 9.59 Å². The lowest BCUT2D eigenvalue weighted by atomic mass is 10.1. The van der Waals surface area contributed by atoms with Crippen LogP contribution in [0.25, 0.3) is 0 Å². The van der Waals surface area contributed by atoms with Crippen molar-refractivity contribution in [2.24, 2.45) is 0 Å². The normalized spacial score (nSPS) is 10.1. The Morgan fingerprint density at radius 1 is 1.00 bits per heavy atom. The van der Waals surface area contributed by atoms with Gasteiger partial charge in [-0.25, -0.2) is 0 Å². The standard InChI is InChI=1S/C13H19N3O2/c1-9(17)14-13(15-10(2)18)11-5-7-12(8-6-11)16(3)4/h5-8,13H,1-4H3,(H,14,17)(H,15,18). The molecule has 0 aromatic heterocycles. The van der Waals surface area contributed by atoms with Crippen molar-refractivity contribution in [3.05, 3.63) is 29.8 Å². The topological polar surface area (TPSA) is 61.4 Å². The van der Waals surface area contributed by atoms with Crippen molar-refractivity contribution in [2.75, 3.05) is 19.0 Å². The molecule has 1 rings (SSSR count). The van der Waals surface area contributed by atoms with E-state index >= 15 is 0 Å². The van der Waals surface area contributed by atoms with Gasteiger partial charge in [-0.05, 0) is 17.7 Å². The van der Waals surface area contributed by atoms with Crippen LogP contribution in [0.2, 0.25) is 0 Å². The van der Waals surface area contributed by atoms with E-state index in [1.54, 1.807) is 0 Å². The van der Waals surface area contributed by atoms with Gasteiger partial charge in [0.05, 0.1) is 0 Å². The molecule has 0 unspecified atom stereocenters. The second kappa shape index (κ2) is 6.05. The third-order valence-corrected chi connectivity index (χ3v) is 2.44. The van der Waals surface area contributed by atoms with E-state index < -0.39 is 6.17 Å². The quantitative estimate of drug-likeness (QED) is 0.783. The van der Waals surface area contributed by atoms with Crippen LogP contribution in [0.1, 0.15) is 25.6 Å². The molecule has 0 fully saturated rings. The average Bonchev–Trinajstić information content (AvgIpc) is 2.27. The second-order valence-electron chi connectivity index (χ2n) is 4.32. The van der Waals surface area contributed by atoms with Gasteiger partial charge in [0.15, 0.2) is 0 Å². The summed E-state index contributed by atoms with van der Waals surface area (Å²) in [5, 5.41) is 5.38. The van der Waals surface area contributed by atoms with Gasteiger partial charge >= 0.3 is 0 Å². The summed E-state index contributed by atoms with van der Waals surface area (Å²) in [6.45, 7) is 2.84. The van der Waals surface area contributed by atoms with Crippen LogP contribution < -0.4 is 15.5 Å². The van der Waals surface area contributed by atoms with Crippen LogP contribution in [0.3, 0.4) is 0 Å². The van der Waals surface area contributed by atoms with Crippen molar-refractivity contribution >= 4 is 17.5 Å². The molecule has 0 radical (unpaired) electrons. The molecular weight excluding hydrogens is 230 g/mol. The molecular formula is C13H19N3O2. The van der Waals surface area contributed by atoms with Gasteiger partial charge in [0.25, 0.3) is 0 Å². The molecule has 0 bridgehead atoms. The minimum atomic E-state index is -0.490. The lowest BCUT2D eigenvalue weighted by Crippen LogP contribution is -2.39. The molecule has 0 saturated carbocycles. The highest BCUT2D eigenvalue weighted by atomic mass is 16.2. The monoisotopic (exact) mass is 249 g/mol. The van der Waals surface area contributed by atoms with Crippen molar-refractivity contribution in [1.29, 1.82) is 0 Å². The molecule has 0 aliphatic carbocycles. The largest absolute Gasteiger partial charge is 0.378 e. The van der Waals surface area contributed by atoms with Gasteiger partial charge in [-0.1, -0.05) is 12.1 Å². The van der Waals surface area contributed by atoms with E-state index in [1.165, 1.54) is 13.8 Å². The lowest BCUT2D eigenvalue weighted by molar-refractivity contribution is -0.122. The van der Waals surface area contributed by atoms with Crippen LogP contribution in [-0.4, -0.2) is 25.9 Å². The third-order valence-electron chi connectivity index (χ3n) is 2.44. The fourth-order valence-corrected chi connectivity index (χ4v) is 1.57. The number of anilines is 1. The number of nitrogens with zero attached hydrogens (tertiary/aromatic N) is 1. The van der Waals surface area contributed by atoms with Crippen LogP contribution >= 0.6 is 0 Å². The molecule has 2 amide bonds. The summed E-state index contributed by atoms with van der Waals surface area (Å²) in [4.78, 5) is 24.2. The molecule has 1 aromatic rings. The van der Waals surface area contributed by atoms with Gasteiger partial charge in [-0.15, -0.1) is 0 Å². The Kier molecular flexibility index (Phi) is 4.71. The van der Waals surface area contributed by atoms with Crippen molar-refractivity contribution in [3.8, 4) is 0 Å². The molecule has 0 atom stereocenters. The average molecular weight is 249 g/mol. The van der Waals surface area contributed by atoms with Crippen LogP contribution in [0, 0.1) is 0 Å². The summed E-state index contributed by atoms with van der Waals surface area (Å²) in [6, 6.07) is 7.63. The Morgan fingerprint density at radius 2 is 1.44 bits per heavy atom. The molecule has 0 aliphatic heterocycles. The number of carbonyl (C=O) groups excluding carboxylic acids is 2. The number of carbonyl (C=O) groups is 2. The summed E-state index contributed by atoms with van der Waals surface area (Å²) in [6.07, 6.45) is -0.490. The molecule has 0 heterocycles. The highest BCUT2D eigenvalue weighted by molar-refractivity contribution is 5.76. The van der Waals surface area contributed by atoms with E-state index in [0.29, 0.717) is 0 Å². The smallest absolute Gasteiger partial charge is 0.218 e. The van der Waals surface area contributed by atoms with Crippen LogP contribution in [0.15, 0.2) is 24.3 Å². The second-order valence-corrected chi connectivity index (χ2v) is 4.32. The fraction of sp³-hybridized carbons (Fsp3) is 0.385. The maximum Gasteiger partial charge on any atom is 0.218 e. The lowest BCUT2D eigenvalue weighted by Gasteiger charge is -2.20. The van der Waals surface area contributed by atoms with Crippen molar-refractivity contribution < 1.29 is 9.59 Å². The third kappa shape index (κ3) is 4.08. The maximum atomic E-state index is 11.1. The SMILES string of the molecule is CC(=O)NC(NC(C)=O)c1ccc(N(C)C)cc1. The zero-order valence-corrected chi connectivity index (χ0v) is 11.2. The number of amides is 2. The fourth-order valence-electron chi connectivity index (χ4n) is 1.57. The Bertz CT molecular complexity index is 410. The highest BCUT2D eigenvalue weighted by Crippen LogP contribution is 2.16. The Balaban J connectivity index is 2.90. The molecule has 5 heteroatoms. The predicted octanol–water partition coefficient (Wildman–Crippen LogP) is 1.02. The zero-order chi connectivity index (χ0) is 13.7. The number of hydrogen-bond acceptors (Lipinski definition) is 3. The first-order valence-corrected chi connectivity index (χ1v) is 5.71. The van der Waals surface area contributed by atoms with E-state index in [4.69, 9.17) is 0 Å². The van der Waals surface area contributed by atoms with Crippen LogP contribution in [0.4, 0.5) is 5.69 Å². The van der Waals surface area contributed by atoms with Gasteiger partial charge in [0.2, 0.25) is 11.8 Å². The summed E-state index contributed by atoms with van der Waals surface area (Å²) in [7, 11) is 3.91. The molecule has 0 saturated heterocycles. The molecule has 0 spiro atoms. The van der Waals surface area contributed by atoms with Crippen LogP contribution in [-0.2, 0) is 9.59 Å². The van der Waals surface area contributed by atoms with Crippen molar-refractivity contribution in [1.82, 2.24) is 10.6 Å². The van der Waals surface area contributed by atoms with Gasteiger partial charge in [-0.2, -0.15) is 0 Å². The van der Waals surface area contributed by atoms with Crippen LogP contribution in [0.5, 0.6) is 0 Å². The molecule has 18 heavy (non-hydrogen) atoms. The minimum Gasteiger partial charge on any atom is -0.378 e. The predicted molar refractivity (Wildman–Crippen MR) is 71.1 cm³/mol. The Morgan fingerprint density at radius 3 is 1.78 bits per heavy atom. The summed E-state index contributed by atoms with van der Waals surface area (Å²) >= 11 is 0. The minimum absolute atomic E-state index is 0.189. The van der Waals surface area contributed by atoms with Gasteiger partial charge in [0, 0.05) is 33.6 Å². The summed E-state index contributed by atoms with van der Waals surface area (Å²) in [5.74, 6) is -0.379. The van der Waals surface area contributed by atoms with E-state index in [0.717, 1.165) is 11.3 Å². The van der Waals surface area contributed by atoms with Gasteiger partial charge in [0.1, 0.15) is 6.17 Å². The molecule has 5 nitrogen and oxygen atoms in total. The first kappa shape index (κ1) is 14.0. The number of benzene rings is 1. The van der Waals surface area contributed by atoms with E-state index in [1.807, 2.05) is 43.3 Å². The summed E-state index contributed by atoms with van der Waals surface area (Å²) < 4.78 is 0. The number of hydrogen-bond donors (Lipinski definition) is 2. The molecule has 2 N–H and O–H groups in total. The van der Waals surface area contributed by atoms with Crippen molar-refractivity contribution in [2.45, 2.75) is 20.0 Å². The first-order valence-electron chi connectivity index (χ1n) is 5.71. The van der Waals surface area contributed by atoms with E-state index in [2.05, 4.69) is 10.6 Å². The number of rotatable bonds is 4. The zero-order valence-electron chi connectivity index (χ0n) is 11.2. The molecule has 1 aromatic carbocycles.